The van der Waals surface area contributed by atoms with E-state index in [4.69, 9.17) is 21.6 Å². The lowest BCUT2D eigenvalue weighted by Gasteiger charge is -2.12. The van der Waals surface area contributed by atoms with Crippen molar-refractivity contribution in [2.75, 3.05) is 6.61 Å². The van der Waals surface area contributed by atoms with Gasteiger partial charge in [0.25, 0.3) is 6.43 Å². The summed E-state index contributed by atoms with van der Waals surface area (Å²) in [6.07, 6.45) is -2.28. The number of halogens is 3. The fraction of sp³-hybridized carbons (Fsp3) is 0.417. The van der Waals surface area contributed by atoms with Gasteiger partial charge in [-0.2, -0.15) is 5.26 Å². The van der Waals surface area contributed by atoms with Gasteiger partial charge in [0, 0.05) is 11.8 Å². The van der Waals surface area contributed by atoms with Gasteiger partial charge in [0.2, 0.25) is 0 Å². The Morgan fingerprint density at radius 1 is 1.63 bits per heavy atom. The van der Waals surface area contributed by atoms with E-state index >= 15 is 0 Å². The molecule has 0 aromatic carbocycles. The average Bonchev–Trinajstić information content (AvgIpc) is 2.37. The number of nitriles is 1. The van der Waals surface area contributed by atoms with Crippen LogP contribution in [0.2, 0.25) is 0 Å². The van der Waals surface area contributed by atoms with E-state index in [1.165, 1.54) is 0 Å². The molecule has 0 saturated carbocycles. The van der Waals surface area contributed by atoms with E-state index in [0.717, 1.165) is 6.20 Å². The Labute approximate surface area is 114 Å². The Balaban J connectivity index is 3.30. The maximum Gasteiger partial charge on any atom is 0.310 e. The number of esters is 1. The molecule has 0 radical (unpaired) electrons. The summed E-state index contributed by atoms with van der Waals surface area (Å²) >= 11 is 5.60. The first-order chi connectivity index (χ1) is 9.04. The fourth-order valence-electron chi connectivity index (χ4n) is 1.58. The molecule has 0 aliphatic rings. The minimum Gasteiger partial charge on any atom is -0.466 e. The zero-order valence-electron chi connectivity index (χ0n) is 10.1. The second-order valence-corrected chi connectivity index (χ2v) is 3.81. The fourth-order valence-corrected chi connectivity index (χ4v) is 1.78. The number of hydrogen-bond donors (Lipinski definition) is 0. The van der Waals surface area contributed by atoms with Gasteiger partial charge in [0.15, 0.2) is 0 Å². The molecule has 0 spiro atoms. The molecule has 0 atom stereocenters. The minimum absolute atomic E-state index is 0.0680. The number of hydrogen-bond acceptors (Lipinski definition) is 4. The summed E-state index contributed by atoms with van der Waals surface area (Å²) in [4.78, 5) is 15.1. The van der Waals surface area contributed by atoms with Gasteiger partial charge in [-0.15, -0.1) is 11.6 Å². The first kappa shape index (κ1) is 15.3. The van der Waals surface area contributed by atoms with Gasteiger partial charge in [0.05, 0.1) is 30.2 Å². The summed E-state index contributed by atoms with van der Waals surface area (Å²) in [5, 5.41) is 9.03. The molecule has 1 aromatic heterocycles. The minimum atomic E-state index is -2.83. The Bertz CT molecular complexity index is 515. The van der Waals surface area contributed by atoms with Gasteiger partial charge in [-0.1, -0.05) is 0 Å². The second kappa shape index (κ2) is 7.00. The largest absolute Gasteiger partial charge is 0.466 e. The van der Waals surface area contributed by atoms with E-state index in [0.29, 0.717) is 0 Å². The normalized spacial score (nSPS) is 10.3. The summed E-state index contributed by atoms with van der Waals surface area (Å²) in [5.74, 6) is -0.769. The number of carbonyl (C=O) groups excluding carboxylic acids is 1. The molecule has 0 unspecified atom stereocenters. The van der Waals surface area contributed by atoms with E-state index in [1.807, 2.05) is 0 Å². The molecule has 0 saturated heterocycles. The molecule has 102 valence electrons. The summed E-state index contributed by atoms with van der Waals surface area (Å²) in [5.41, 5.74) is -0.422. The van der Waals surface area contributed by atoms with Crippen molar-refractivity contribution < 1.29 is 18.3 Å². The monoisotopic (exact) mass is 288 g/mol. The predicted molar refractivity (Wildman–Crippen MR) is 63.8 cm³/mol. The Morgan fingerprint density at radius 2 is 2.32 bits per heavy atom. The van der Waals surface area contributed by atoms with Gasteiger partial charge in [-0.25, -0.2) is 8.78 Å². The van der Waals surface area contributed by atoms with Crippen LogP contribution in [0, 0.1) is 11.3 Å². The first-order valence-corrected chi connectivity index (χ1v) is 5.99. The van der Waals surface area contributed by atoms with Crippen molar-refractivity contribution in [3.63, 3.8) is 0 Å². The van der Waals surface area contributed by atoms with Crippen molar-refractivity contribution in [2.45, 2.75) is 25.7 Å². The van der Waals surface area contributed by atoms with Gasteiger partial charge in [-0.05, 0) is 12.5 Å². The number of nitrogens with zero attached hydrogens (tertiary/aromatic N) is 2. The van der Waals surface area contributed by atoms with Crippen LogP contribution in [0.15, 0.2) is 6.20 Å². The lowest BCUT2D eigenvalue weighted by molar-refractivity contribution is -0.142. The molecule has 0 N–H and O–H groups in total. The van der Waals surface area contributed by atoms with Crippen LogP contribution in [-0.4, -0.2) is 17.6 Å². The van der Waals surface area contributed by atoms with E-state index < -0.39 is 24.4 Å². The number of carbonyl (C=O) groups is 1. The van der Waals surface area contributed by atoms with Crippen LogP contribution in [0.25, 0.3) is 0 Å². The van der Waals surface area contributed by atoms with Crippen molar-refractivity contribution in [3.8, 4) is 6.07 Å². The van der Waals surface area contributed by atoms with Gasteiger partial charge < -0.3 is 4.74 Å². The number of alkyl halides is 3. The van der Waals surface area contributed by atoms with Crippen LogP contribution in [0.4, 0.5) is 8.78 Å². The van der Waals surface area contributed by atoms with Gasteiger partial charge in [-0.3, -0.25) is 9.78 Å². The standard InChI is InChI=1S/C12H11ClF2N2O2/c1-2-19-11(18)3-7-8(5-16)10(4-13)17-6-9(7)12(14)15/h6,12H,2-4H2,1H3. The highest BCUT2D eigenvalue weighted by atomic mass is 35.5. The summed E-state index contributed by atoms with van der Waals surface area (Å²) in [7, 11) is 0. The molecular weight excluding hydrogens is 278 g/mol. The molecule has 0 aliphatic heterocycles. The number of rotatable bonds is 5. The number of pyridine rings is 1. The summed E-state index contributed by atoms with van der Waals surface area (Å²) in [6.45, 7) is 1.74. The quantitative estimate of drug-likeness (QED) is 0.617. The van der Waals surface area contributed by atoms with Gasteiger partial charge in [0.1, 0.15) is 6.07 Å². The number of ether oxygens (including phenoxy) is 1. The van der Waals surface area contributed by atoms with Crippen LogP contribution in [0.5, 0.6) is 0 Å². The van der Waals surface area contributed by atoms with Crippen molar-refractivity contribution in [1.82, 2.24) is 4.98 Å². The molecule has 1 rings (SSSR count). The van der Waals surface area contributed by atoms with Crippen molar-refractivity contribution in [3.05, 3.63) is 28.6 Å². The highest BCUT2D eigenvalue weighted by Gasteiger charge is 2.22. The molecule has 0 aliphatic carbocycles. The van der Waals surface area contributed by atoms with Crippen LogP contribution in [-0.2, 0) is 21.8 Å². The van der Waals surface area contributed by atoms with Crippen molar-refractivity contribution in [1.29, 1.82) is 5.26 Å². The Morgan fingerprint density at radius 3 is 2.79 bits per heavy atom. The smallest absolute Gasteiger partial charge is 0.310 e. The molecule has 1 aromatic rings. The molecule has 0 bridgehead atoms. The lowest BCUT2D eigenvalue weighted by Crippen LogP contribution is -2.13. The third-order valence-electron chi connectivity index (χ3n) is 2.40. The summed E-state index contributed by atoms with van der Waals surface area (Å²) < 4.78 is 30.5. The molecule has 7 heteroatoms. The van der Waals surface area contributed by atoms with Crippen LogP contribution < -0.4 is 0 Å². The van der Waals surface area contributed by atoms with Crippen molar-refractivity contribution >= 4 is 17.6 Å². The predicted octanol–water partition coefficient (Wildman–Crippen LogP) is 2.74. The third kappa shape index (κ3) is 3.61. The number of aromatic nitrogens is 1. The topological polar surface area (TPSA) is 63.0 Å². The molecule has 1 heterocycles. The molecule has 0 amide bonds. The van der Waals surface area contributed by atoms with E-state index in [9.17, 15) is 13.6 Å². The highest BCUT2D eigenvalue weighted by Crippen LogP contribution is 2.27. The SMILES string of the molecule is CCOC(=O)Cc1c(C(F)F)cnc(CCl)c1C#N. The summed E-state index contributed by atoms with van der Waals surface area (Å²) in [6, 6.07) is 1.77. The van der Waals surface area contributed by atoms with Crippen LogP contribution in [0.3, 0.4) is 0 Å². The van der Waals surface area contributed by atoms with Crippen LogP contribution >= 0.6 is 11.6 Å². The maximum atomic E-state index is 12.9. The van der Waals surface area contributed by atoms with E-state index in [2.05, 4.69) is 4.98 Å². The lowest BCUT2D eigenvalue weighted by atomic mass is 9.99. The zero-order valence-corrected chi connectivity index (χ0v) is 10.9. The molecule has 19 heavy (non-hydrogen) atoms. The Hall–Kier alpha value is -1.74. The van der Waals surface area contributed by atoms with E-state index in [1.54, 1.807) is 13.0 Å². The molecule has 4 nitrogen and oxygen atoms in total. The van der Waals surface area contributed by atoms with Gasteiger partial charge >= 0.3 is 5.97 Å². The molecule has 0 fully saturated rings. The van der Waals surface area contributed by atoms with E-state index in [-0.39, 0.29) is 29.3 Å². The highest BCUT2D eigenvalue weighted by molar-refractivity contribution is 6.17. The zero-order chi connectivity index (χ0) is 14.4. The Kier molecular flexibility index (Phi) is 5.64. The molecular formula is C12H11ClF2N2O2. The first-order valence-electron chi connectivity index (χ1n) is 5.45. The second-order valence-electron chi connectivity index (χ2n) is 3.54. The third-order valence-corrected chi connectivity index (χ3v) is 2.65. The maximum absolute atomic E-state index is 12.9. The average molecular weight is 289 g/mol. The van der Waals surface area contributed by atoms with Crippen molar-refractivity contribution in [2.24, 2.45) is 0 Å². The van der Waals surface area contributed by atoms with Crippen LogP contribution in [0.1, 0.15) is 35.7 Å².